The van der Waals surface area contributed by atoms with Crippen LogP contribution in [-0.4, -0.2) is 54.5 Å². The molecule has 0 amide bonds. The molecule has 0 saturated carbocycles. The Labute approximate surface area is 207 Å². The molecule has 0 bridgehead atoms. The minimum atomic E-state index is -0.533. The van der Waals surface area contributed by atoms with Gasteiger partial charge in [0.05, 0.1) is 24.4 Å². The number of Topliss-reactive ketones (excluding diaryl/α,β-unsaturated/α-hetero) is 1. The van der Waals surface area contributed by atoms with Crippen molar-refractivity contribution >= 4 is 11.8 Å². The lowest BCUT2D eigenvalue weighted by Gasteiger charge is -2.25. The van der Waals surface area contributed by atoms with Gasteiger partial charge < -0.3 is 19.3 Å². The first-order valence-corrected chi connectivity index (χ1v) is 13.7. The number of unbranched alkanes of at least 4 members (excludes halogenated alkanes) is 7. The molecule has 0 aliphatic carbocycles. The van der Waals surface area contributed by atoms with Gasteiger partial charge in [0.25, 0.3) is 0 Å². The SMILES string of the molecule is CCCCCCCCCCC(=O)CO[C@@H](CCC)[C@@H]1CC[C@H]([C@H](O)CC/C=C/COC(C)=O)O1. The zero-order valence-electron chi connectivity index (χ0n) is 22.0. The zero-order valence-corrected chi connectivity index (χ0v) is 22.0. The Bertz CT molecular complexity index is 561. The zero-order chi connectivity index (χ0) is 25.0. The van der Waals surface area contributed by atoms with Gasteiger partial charge in [-0.15, -0.1) is 0 Å². The lowest BCUT2D eigenvalue weighted by molar-refractivity contribution is -0.139. The maximum absolute atomic E-state index is 12.3. The maximum Gasteiger partial charge on any atom is 0.302 e. The van der Waals surface area contributed by atoms with E-state index in [0.29, 0.717) is 19.3 Å². The van der Waals surface area contributed by atoms with Gasteiger partial charge >= 0.3 is 5.97 Å². The summed E-state index contributed by atoms with van der Waals surface area (Å²) in [6.45, 7) is 6.16. The summed E-state index contributed by atoms with van der Waals surface area (Å²) in [5, 5.41) is 10.5. The highest BCUT2D eigenvalue weighted by atomic mass is 16.6. The molecule has 0 spiro atoms. The number of rotatable bonds is 21. The van der Waals surface area contributed by atoms with Crippen molar-refractivity contribution in [2.24, 2.45) is 0 Å². The Morgan fingerprint density at radius 3 is 2.29 bits per heavy atom. The van der Waals surface area contributed by atoms with Crippen LogP contribution >= 0.6 is 0 Å². The van der Waals surface area contributed by atoms with Gasteiger partial charge in [-0.1, -0.05) is 77.4 Å². The molecule has 1 fully saturated rings. The first-order chi connectivity index (χ1) is 16.5. The minimum Gasteiger partial charge on any atom is -0.462 e. The molecule has 0 aromatic carbocycles. The van der Waals surface area contributed by atoms with Gasteiger partial charge in [-0.25, -0.2) is 0 Å². The summed E-state index contributed by atoms with van der Waals surface area (Å²) >= 11 is 0. The van der Waals surface area contributed by atoms with Crippen molar-refractivity contribution in [3.05, 3.63) is 12.2 Å². The second-order valence-electron chi connectivity index (χ2n) is 9.61. The number of hydrogen-bond donors (Lipinski definition) is 1. The van der Waals surface area contributed by atoms with Gasteiger partial charge in [0.2, 0.25) is 0 Å². The number of aliphatic hydroxyl groups is 1. The van der Waals surface area contributed by atoms with E-state index in [9.17, 15) is 14.7 Å². The van der Waals surface area contributed by atoms with Gasteiger partial charge in [-0.2, -0.15) is 0 Å². The monoisotopic (exact) mass is 482 g/mol. The fourth-order valence-electron chi connectivity index (χ4n) is 4.44. The maximum atomic E-state index is 12.3. The van der Waals surface area contributed by atoms with Crippen LogP contribution in [0.15, 0.2) is 12.2 Å². The molecule has 0 aromatic heterocycles. The largest absolute Gasteiger partial charge is 0.462 e. The molecular formula is C28H50O6. The summed E-state index contributed by atoms with van der Waals surface area (Å²) in [6.07, 6.45) is 18.1. The summed E-state index contributed by atoms with van der Waals surface area (Å²) in [4.78, 5) is 23.0. The van der Waals surface area contributed by atoms with Crippen LogP contribution in [0.25, 0.3) is 0 Å². The van der Waals surface area contributed by atoms with Crippen molar-refractivity contribution in [2.75, 3.05) is 13.2 Å². The number of ether oxygens (including phenoxy) is 3. The molecule has 1 rings (SSSR count). The third-order valence-electron chi connectivity index (χ3n) is 6.45. The Morgan fingerprint density at radius 1 is 0.941 bits per heavy atom. The molecule has 6 nitrogen and oxygen atoms in total. The third-order valence-corrected chi connectivity index (χ3v) is 6.45. The number of allylic oxidation sites excluding steroid dienone is 1. The standard InChI is InChI=1S/C28H50O6/c1-4-6-7-8-9-10-11-13-17-24(30)22-33-27(16-5-2)28-20-19-26(34-28)25(31)18-14-12-15-21-32-23(3)29/h12,15,25-28,31H,4-11,13-14,16-22H2,1-3H3/b15-12+/t25-,26-,27+,28+/m1/s1. The quantitative estimate of drug-likeness (QED) is 0.121. The molecule has 6 heteroatoms. The number of carbonyl (C=O) groups is 2. The molecule has 1 aliphatic rings. The van der Waals surface area contributed by atoms with Crippen LogP contribution in [0.4, 0.5) is 0 Å². The van der Waals surface area contributed by atoms with Crippen LogP contribution in [0, 0.1) is 0 Å². The van der Waals surface area contributed by atoms with Crippen molar-refractivity contribution in [3.63, 3.8) is 0 Å². The summed E-state index contributed by atoms with van der Waals surface area (Å²) < 4.78 is 17.0. The van der Waals surface area contributed by atoms with Gasteiger partial charge in [0.15, 0.2) is 5.78 Å². The van der Waals surface area contributed by atoms with Crippen LogP contribution in [0.3, 0.4) is 0 Å². The van der Waals surface area contributed by atoms with E-state index in [1.165, 1.54) is 45.4 Å². The average molecular weight is 483 g/mol. The van der Waals surface area contributed by atoms with Gasteiger partial charge in [-0.3, -0.25) is 9.59 Å². The van der Waals surface area contributed by atoms with E-state index >= 15 is 0 Å². The van der Waals surface area contributed by atoms with Crippen LogP contribution in [0.1, 0.15) is 117 Å². The average Bonchev–Trinajstić information content (AvgIpc) is 3.30. The van der Waals surface area contributed by atoms with Crippen molar-refractivity contribution in [1.29, 1.82) is 0 Å². The molecule has 1 heterocycles. The number of carbonyl (C=O) groups excluding carboxylic acids is 2. The summed E-state index contributed by atoms with van der Waals surface area (Å²) in [5.41, 5.74) is 0. The third kappa shape index (κ3) is 14.9. The van der Waals surface area contributed by atoms with Crippen LogP contribution in [-0.2, 0) is 23.8 Å². The number of ketones is 1. The number of hydrogen-bond acceptors (Lipinski definition) is 6. The summed E-state index contributed by atoms with van der Waals surface area (Å²) in [6, 6.07) is 0. The number of aliphatic hydroxyl groups excluding tert-OH is 1. The predicted octanol–water partition coefficient (Wildman–Crippen LogP) is 6.08. The minimum absolute atomic E-state index is 0.0602. The second kappa shape index (κ2) is 20.0. The lowest BCUT2D eigenvalue weighted by Crippen LogP contribution is -2.33. The first kappa shape index (κ1) is 30.8. The molecule has 1 saturated heterocycles. The highest BCUT2D eigenvalue weighted by Gasteiger charge is 2.35. The normalized spacial score (nSPS) is 20.0. The molecule has 0 aromatic rings. The Balaban J connectivity index is 2.24. The molecule has 4 atom stereocenters. The van der Waals surface area contributed by atoms with Crippen molar-refractivity contribution < 1.29 is 28.9 Å². The molecule has 34 heavy (non-hydrogen) atoms. The van der Waals surface area contributed by atoms with Gasteiger partial charge in [-0.05, 0) is 38.5 Å². The molecule has 1 N–H and O–H groups in total. The summed E-state index contributed by atoms with van der Waals surface area (Å²) in [5.74, 6) is -0.115. The Hall–Kier alpha value is -1.24. The summed E-state index contributed by atoms with van der Waals surface area (Å²) in [7, 11) is 0. The highest BCUT2D eigenvalue weighted by molar-refractivity contribution is 5.79. The fourth-order valence-corrected chi connectivity index (χ4v) is 4.44. The number of esters is 1. The van der Waals surface area contributed by atoms with E-state index in [1.807, 2.05) is 6.08 Å². The molecule has 0 radical (unpaired) electrons. The van der Waals surface area contributed by atoms with E-state index < -0.39 is 6.10 Å². The first-order valence-electron chi connectivity index (χ1n) is 13.7. The molecule has 0 unspecified atom stereocenters. The fraction of sp³-hybridized carbons (Fsp3) is 0.857. The second-order valence-corrected chi connectivity index (χ2v) is 9.61. The van der Waals surface area contributed by atoms with E-state index in [0.717, 1.165) is 38.5 Å². The van der Waals surface area contributed by atoms with Crippen LogP contribution in [0.5, 0.6) is 0 Å². The lowest BCUT2D eigenvalue weighted by atomic mass is 10.0. The van der Waals surface area contributed by atoms with Crippen LogP contribution < -0.4 is 0 Å². The highest BCUT2D eigenvalue weighted by Crippen LogP contribution is 2.29. The van der Waals surface area contributed by atoms with Crippen molar-refractivity contribution in [2.45, 2.75) is 141 Å². The predicted molar refractivity (Wildman–Crippen MR) is 136 cm³/mol. The Morgan fingerprint density at radius 2 is 1.62 bits per heavy atom. The van der Waals surface area contributed by atoms with E-state index in [1.54, 1.807) is 6.08 Å². The van der Waals surface area contributed by atoms with E-state index in [2.05, 4.69) is 13.8 Å². The van der Waals surface area contributed by atoms with E-state index in [-0.39, 0.29) is 43.3 Å². The smallest absolute Gasteiger partial charge is 0.302 e. The van der Waals surface area contributed by atoms with Gasteiger partial charge in [0.1, 0.15) is 13.2 Å². The van der Waals surface area contributed by atoms with Crippen molar-refractivity contribution in [3.8, 4) is 0 Å². The van der Waals surface area contributed by atoms with Gasteiger partial charge in [0, 0.05) is 13.3 Å². The molecular weight excluding hydrogens is 432 g/mol. The Kier molecular flexibility index (Phi) is 18.1. The van der Waals surface area contributed by atoms with E-state index in [4.69, 9.17) is 14.2 Å². The topological polar surface area (TPSA) is 82.1 Å². The molecule has 198 valence electrons. The van der Waals surface area contributed by atoms with Crippen molar-refractivity contribution in [1.82, 2.24) is 0 Å². The molecule has 1 aliphatic heterocycles. The van der Waals surface area contributed by atoms with Crippen LogP contribution in [0.2, 0.25) is 0 Å².